The fraction of sp³-hybridized carbons (Fsp3) is 0.615. The van der Waals surface area contributed by atoms with Gasteiger partial charge in [0, 0.05) is 45.3 Å². The fourth-order valence-corrected chi connectivity index (χ4v) is 2.17. The summed E-state index contributed by atoms with van der Waals surface area (Å²) >= 11 is 0. The number of nitrogens with one attached hydrogen (secondary N) is 1. The zero-order chi connectivity index (χ0) is 15.2. The summed E-state index contributed by atoms with van der Waals surface area (Å²) in [6, 6.07) is 1.60. The summed E-state index contributed by atoms with van der Waals surface area (Å²) in [5, 5.41) is 6.46. The summed E-state index contributed by atoms with van der Waals surface area (Å²) in [5.74, 6) is 0.374. The molecule has 0 radical (unpaired) electrons. The predicted octanol–water partition coefficient (Wildman–Crippen LogP) is 0.0968. The Bertz CT molecular complexity index is 494. The molecular weight excluding hydrogens is 276 g/mol. The molecule has 8 nitrogen and oxygen atoms in total. The van der Waals surface area contributed by atoms with Gasteiger partial charge in [-0.3, -0.25) is 9.69 Å². The number of carbonyl (C=O) groups is 2. The van der Waals surface area contributed by atoms with E-state index in [1.54, 1.807) is 17.9 Å². The molecule has 8 heteroatoms. The van der Waals surface area contributed by atoms with Gasteiger partial charge in [-0.05, 0) is 6.92 Å². The summed E-state index contributed by atoms with van der Waals surface area (Å²) < 4.78 is 9.54. The van der Waals surface area contributed by atoms with Crippen LogP contribution in [0, 0.1) is 6.92 Å². The van der Waals surface area contributed by atoms with E-state index in [2.05, 4.69) is 20.1 Å². The minimum absolute atomic E-state index is 0.236. The SMILES string of the molecule is COC(=O)N1CCN(CCNC(=O)c2cc(C)on2)CC1. The van der Waals surface area contributed by atoms with Gasteiger partial charge < -0.3 is 19.5 Å². The summed E-state index contributed by atoms with van der Waals surface area (Å²) in [7, 11) is 1.38. The summed E-state index contributed by atoms with van der Waals surface area (Å²) in [6.45, 7) is 5.83. The zero-order valence-corrected chi connectivity index (χ0v) is 12.3. The normalized spacial score (nSPS) is 15.8. The van der Waals surface area contributed by atoms with E-state index in [-0.39, 0.29) is 12.0 Å². The van der Waals surface area contributed by atoms with Gasteiger partial charge in [0.15, 0.2) is 5.69 Å². The molecule has 2 amide bonds. The van der Waals surface area contributed by atoms with E-state index in [1.807, 2.05) is 0 Å². The van der Waals surface area contributed by atoms with Gasteiger partial charge in [0.25, 0.3) is 5.91 Å². The first-order chi connectivity index (χ1) is 10.1. The summed E-state index contributed by atoms with van der Waals surface area (Å²) in [6.07, 6.45) is -0.288. The van der Waals surface area contributed by atoms with Crippen molar-refractivity contribution < 1.29 is 18.8 Å². The molecule has 2 rings (SSSR count). The Morgan fingerprint density at radius 3 is 2.67 bits per heavy atom. The summed E-state index contributed by atoms with van der Waals surface area (Å²) in [4.78, 5) is 27.0. The molecule has 21 heavy (non-hydrogen) atoms. The van der Waals surface area contributed by atoms with E-state index >= 15 is 0 Å². The Balaban J connectivity index is 1.66. The molecule has 0 atom stereocenters. The Hall–Kier alpha value is -2.09. The first-order valence-electron chi connectivity index (χ1n) is 6.87. The zero-order valence-electron chi connectivity index (χ0n) is 12.3. The molecule has 1 saturated heterocycles. The molecule has 0 saturated carbocycles. The Labute approximate surface area is 123 Å². The third-order valence-electron chi connectivity index (χ3n) is 3.38. The van der Waals surface area contributed by atoms with E-state index in [1.165, 1.54) is 7.11 Å². The standard InChI is InChI=1S/C13H20N4O4/c1-10-9-11(15-21-10)12(18)14-3-4-16-5-7-17(8-6-16)13(19)20-2/h9H,3-8H2,1-2H3,(H,14,18). The van der Waals surface area contributed by atoms with E-state index < -0.39 is 0 Å². The lowest BCUT2D eigenvalue weighted by Crippen LogP contribution is -2.50. The molecule has 1 fully saturated rings. The minimum Gasteiger partial charge on any atom is -0.453 e. The number of ether oxygens (including phenoxy) is 1. The maximum absolute atomic E-state index is 11.8. The Kier molecular flexibility index (Phi) is 5.15. The van der Waals surface area contributed by atoms with Gasteiger partial charge in [0.2, 0.25) is 0 Å². The molecule has 116 valence electrons. The molecule has 1 aliphatic heterocycles. The van der Waals surface area contributed by atoms with Crippen molar-refractivity contribution in [3.63, 3.8) is 0 Å². The maximum atomic E-state index is 11.8. The van der Waals surface area contributed by atoms with Crippen LogP contribution in [0.15, 0.2) is 10.6 Å². The minimum atomic E-state index is -0.288. The van der Waals surface area contributed by atoms with Crippen LogP contribution in [0.1, 0.15) is 16.2 Å². The largest absolute Gasteiger partial charge is 0.453 e. The highest BCUT2D eigenvalue weighted by molar-refractivity contribution is 5.92. The Morgan fingerprint density at radius 1 is 1.38 bits per heavy atom. The van der Waals surface area contributed by atoms with Crippen molar-refractivity contribution in [2.45, 2.75) is 6.92 Å². The third-order valence-corrected chi connectivity index (χ3v) is 3.38. The van der Waals surface area contributed by atoms with Gasteiger partial charge in [0.05, 0.1) is 7.11 Å². The van der Waals surface area contributed by atoms with Crippen molar-refractivity contribution in [1.29, 1.82) is 0 Å². The third kappa shape index (κ3) is 4.19. The average Bonchev–Trinajstić information content (AvgIpc) is 2.94. The van der Waals surface area contributed by atoms with Crippen LogP contribution < -0.4 is 5.32 Å². The number of nitrogens with zero attached hydrogens (tertiary/aromatic N) is 3. The quantitative estimate of drug-likeness (QED) is 0.847. The fourth-order valence-electron chi connectivity index (χ4n) is 2.17. The van der Waals surface area contributed by atoms with Crippen molar-refractivity contribution >= 4 is 12.0 Å². The average molecular weight is 296 g/mol. The van der Waals surface area contributed by atoms with E-state index in [0.29, 0.717) is 31.1 Å². The van der Waals surface area contributed by atoms with Gasteiger partial charge in [-0.2, -0.15) is 0 Å². The van der Waals surface area contributed by atoms with Gasteiger partial charge >= 0.3 is 6.09 Å². The van der Waals surface area contributed by atoms with Crippen molar-refractivity contribution in [3.8, 4) is 0 Å². The Morgan fingerprint density at radius 2 is 2.10 bits per heavy atom. The topological polar surface area (TPSA) is 87.9 Å². The van der Waals surface area contributed by atoms with E-state index in [4.69, 9.17) is 4.52 Å². The molecule has 0 aliphatic carbocycles. The summed E-state index contributed by atoms with van der Waals surface area (Å²) in [5.41, 5.74) is 0.294. The van der Waals surface area contributed by atoms with Gasteiger partial charge in [-0.25, -0.2) is 4.79 Å². The number of methoxy groups -OCH3 is 1. The van der Waals surface area contributed by atoms with Gasteiger partial charge in [-0.15, -0.1) is 0 Å². The molecule has 0 aromatic carbocycles. The number of piperazine rings is 1. The lowest BCUT2D eigenvalue weighted by Gasteiger charge is -2.33. The van der Waals surface area contributed by atoms with Crippen LogP contribution in [0.3, 0.4) is 0 Å². The van der Waals surface area contributed by atoms with E-state index in [0.717, 1.165) is 19.6 Å². The molecule has 0 bridgehead atoms. The van der Waals surface area contributed by atoms with Gasteiger partial charge in [-0.1, -0.05) is 5.16 Å². The second kappa shape index (κ2) is 7.07. The van der Waals surface area contributed by atoms with Crippen LogP contribution in [-0.4, -0.2) is 73.3 Å². The number of aryl methyl sites for hydroxylation is 1. The molecule has 1 aromatic rings. The lowest BCUT2D eigenvalue weighted by molar-refractivity contribution is 0.0881. The van der Waals surface area contributed by atoms with Gasteiger partial charge in [0.1, 0.15) is 5.76 Å². The van der Waals surface area contributed by atoms with Crippen molar-refractivity contribution in [3.05, 3.63) is 17.5 Å². The highest BCUT2D eigenvalue weighted by Gasteiger charge is 2.21. The molecule has 1 aliphatic rings. The first-order valence-corrected chi connectivity index (χ1v) is 6.87. The number of hydrogen-bond acceptors (Lipinski definition) is 6. The maximum Gasteiger partial charge on any atom is 0.409 e. The molecule has 1 N–H and O–H groups in total. The molecule has 0 unspecified atom stereocenters. The van der Waals surface area contributed by atoms with Crippen LogP contribution in [0.2, 0.25) is 0 Å². The van der Waals surface area contributed by atoms with Crippen LogP contribution >= 0.6 is 0 Å². The predicted molar refractivity (Wildman–Crippen MR) is 74.0 cm³/mol. The number of carbonyl (C=O) groups excluding carboxylic acids is 2. The van der Waals surface area contributed by atoms with Crippen LogP contribution in [0.4, 0.5) is 4.79 Å². The second-order valence-electron chi connectivity index (χ2n) is 4.88. The van der Waals surface area contributed by atoms with Crippen LogP contribution in [0.5, 0.6) is 0 Å². The molecule has 1 aromatic heterocycles. The highest BCUT2D eigenvalue weighted by atomic mass is 16.5. The lowest BCUT2D eigenvalue weighted by atomic mass is 10.3. The van der Waals surface area contributed by atoms with Crippen LogP contribution in [-0.2, 0) is 4.74 Å². The van der Waals surface area contributed by atoms with Crippen LogP contribution in [0.25, 0.3) is 0 Å². The van der Waals surface area contributed by atoms with Crippen molar-refractivity contribution in [2.75, 3.05) is 46.4 Å². The number of hydrogen-bond donors (Lipinski definition) is 1. The monoisotopic (exact) mass is 296 g/mol. The molecule has 2 heterocycles. The van der Waals surface area contributed by atoms with E-state index in [9.17, 15) is 9.59 Å². The first kappa shape index (κ1) is 15.3. The van der Waals surface area contributed by atoms with Crippen molar-refractivity contribution in [2.24, 2.45) is 0 Å². The smallest absolute Gasteiger partial charge is 0.409 e. The molecular formula is C13H20N4O4. The number of rotatable bonds is 4. The second-order valence-corrected chi connectivity index (χ2v) is 4.88. The van der Waals surface area contributed by atoms with Crippen molar-refractivity contribution in [1.82, 2.24) is 20.3 Å². The molecule has 0 spiro atoms. The highest BCUT2D eigenvalue weighted by Crippen LogP contribution is 2.03. The number of aromatic nitrogens is 1. The number of amides is 2.